The van der Waals surface area contributed by atoms with E-state index in [1.807, 2.05) is 0 Å². The first-order chi connectivity index (χ1) is 6.84. The second-order valence-electron chi connectivity index (χ2n) is 4.72. The van der Waals surface area contributed by atoms with Crippen LogP contribution in [0.1, 0.15) is 19.3 Å². The molecule has 82 valence electrons. The standard InChI is InChI=1S/C11H22N2O/c1-13-5-2-10(3-6-13)8-12-11-4-7-14-9-11/h10-12H,2-9H2,1H3. The van der Waals surface area contributed by atoms with Crippen LogP contribution in [-0.4, -0.2) is 50.8 Å². The summed E-state index contributed by atoms with van der Waals surface area (Å²) in [7, 11) is 2.22. The van der Waals surface area contributed by atoms with Crippen LogP contribution in [0.15, 0.2) is 0 Å². The van der Waals surface area contributed by atoms with E-state index in [0.29, 0.717) is 6.04 Å². The van der Waals surface area contributed by atoms with E-state index in [1.165, 1.54) is 38.9 Å². The highest BCUT2D eigenvalue weighted by molar-refractivity contribution is 4.76. The predicted molar refractivity (Wildman–Crippen MR) is 57.4 cm³/mol. The second kappa shape index (κ2) is 5.10. The van der Waals surface area contributed by atoms with Gasteiger partial charge in [0.25, 0.3) is 0 Å². The zero-order chi connectivity index (χ0) is 9.80. The van der Waals surface area contributed by atoms with Crippen LogP contribution in [0.5, 0.6) is 0 Å². The van der Waals surface area contributed by atoms with Crippen LogP contribution in [0.25, 0.3) is 0 Å². The van der Waals surface area contributed by atoms with Crippen molar-refractivity contribution in [2.24, 2.45) is 5.92 Å². The van der Waals surface area contributed by atoms with Crippen molar-refractivity contribution in [2.75, 3.05) is 39.9 Å². The van der Waals surface area contributed by atoms with E-state index < -0.39 is 0 Å². The Hall–Kier alpha value is -0.120. The smallest absolute Gasteiger partial charge is 0.0620 e. The minimum absolute atomic E-state index is 0.634. The van der Waals surface area contributed by atoms with Crippen molar-refractivity contribution in [1.29, 1.82) is 0 Å². The number of hydrogen-bond donors (Lipinski definition) is 1. The molecule has 0 aromatic heterocycles. The number of nitrogens with zero attached hydrogens (tertiary/aromatic N) is 1. The Balaban J connectivity index is 1.60. The van der Waals surface area contributed by atoms with Gasteiger partial charge in [-0.3, -0.25) is 0 Å². The summed E-state index contributed by atoms with van der Waals surface area (Å²) in [4.78, 5) is 2.43. The van der Waals surface area contributed by atoms with Crippen LogP contribution in [-0.2, 0) is 4.74 Å². The van der Waals surface area contributed by atoms with Crippen molar-refractivity contribution in [3.63, 3.8) is 0 Å². The fraction of sp³-hybridized carbons (Fsp3) is 1.00. The summed E-state index contributed by atoms with van der Waals surface area (Å²) in [5.41, 5.74) is 0. The first kappa shape index (κ1) is 10.4. The first-order valence-corrected chi connectivity index (χ1v) is 5.84. The molecule has 1 unspecified atom stereocenters. The molecule has 0 aliphatic carbocycles. The van der Waals surface area contributed by atoms with Gasteiger partial charge in [-0.25, -0.2) is 0 Å². The highest BCUT2D eigenvalue weighted by Crippen LogP contribution is 2.15. The van der Waals surface area contributed by atoms with Crippen LogP contribution in [0, 0.1) is 5.92 Å². The number of hydrogen-bond acceptors (Lipinski definition) is 3. The maximum absolute atomic E-state index is 5.34. The lowest BCUT2D eigenvalue weighted by molar-refractivity contribution is 0.184. The Bertz CT molecular complexity index is 161. The Morgan fingerprint density at radius 1 is 1.29 bits per heavy atom. The summed E-state index contributed by atoms with van der Waals surface area (Å²) in [5, 5.41) is 3.62. The van der Waals surface area contributed by atoms with E-state index in [-0.39, 0.29) is 0 Å². The van der Waals surface area contributed by atoms with Crippen molar-refractivity contribution < 1.29 is 4.74 Å². The lowest BCUT2D eigenvalue weighted by Gasteiger charge is -2.29. The van der Waals surface area contributed by atoms with Crippen molar-refractivity contribution in [2.45, 2.75) is 25.3 Å². The average molecular weight is 198 g/mol. The van der Waals surface area contributed by atoms with Crippen molar-refractivity contribution in [3.05, 3.63) is 0 Å². The lowest BCUT2D eigenvalue weighted by atomic mass is 9.97. The van der Waals surface area contributed by atoms with Crippen LogP contribution >= 0.6 is 0 Å². The molecule has 2 aliphatic heterocycles. The van der Waals surface area contributed by atoms with Gasteiger partial charge in [-0.05, 0) is 51.9 Å². The van der Waals surface area contributed by atoms with Gasteiger partial charge in [0.15, 0.2) is 0 Å². The lowest BCUT2D eigenvalue weighted by Crippen LogP contribution is -2.38. The van der Waals surface area contributed by atoms with Gasteiger partial charge >= 0.3 is 0 Å². The zero-order valence-corrected chi connectivity index (χ0v) is 9.17. The van der Waals surface area contributed by atoms with Gasteiger partial charge in [-0.2, -0.15) is 0 Å². The Labute approximate surface area is 86.8 Å². The molecule has 1 N–H and O–H groups in total. The highest BCUT2D eigenvalue weighted by Gasteiger charge is 2.19. The van der Waals surface area contributed by atoms with E-state index in [9.17, 15) is 0 Å². The molecule has 0 saturated carbocycles. The van der Waals surface area contributed by atoms with Crippen molar-refractivity contribution >= 4 is 0 Å². The molecule has 14 heavy (non-hydrogen) atoms. The number of rotatable bonds is 3. The topological polar surface area (TPSA) is 24.5 Å². The van der Waals surface area contributed by atoms with Gasteiger partial charge in [0, 0.05) is 12.6 Å². The molecule has 0 radical (unpaired) electrons. The van der Waals surface area contributed by atoms with Crippen molar-refractivity contribution in [3.8, 4) is 0 Å². The summed E-state index contributed by atoms with van der Waals surface area (Å²) in [6, 6.07) is 0.634. The zero-order valence-electron chi connectivity index (χ0n) is 9.17. The molecule has 3 nitrogen and oxygen atoms in total. The number of nitrogens with one attached hydrogen (secondary N) is 1. The van der Waals surface area contributed by atoms with Gasteiger partial charge in [0.05, 0.1) is 6.61 Å². The van der Waals surface area contributed by atoms with E-state index in [4.69, 9.17) is 4.74 Å². The molecule has 2 aliphatic rings. The van der Waals surface area contributed by atoms with Gasteiger partial charge in [-0.15, -0.1) is 0 Å². The Morgan fingerprint density at radius 2 is 2.07 bits per heavy atom. The minimum Gasteiger partial charge on any atom is -0.380 e. The molecule has 0 aromatic carbocycles. The minimum atomic E-state index is 0.634. The second-order valence-corrected chi connectivity index (χ2v) is 4.72. The molecule has 3 heteroatoms. The molecule has 2 rings (SSSR count). The maximum atomic E-state index is 5.34. The number of likely N-dealkylation sites (tertiary alicyclic amines) is 1. The van der Waals surface area contributed by atoms with Gasteiger partial charge in [-0.1, -0.05) is 0 Å². The normalized spacial score (nSPS) is 31.1. The van der Waals surface area contributed by atoms with E-state index in [0.717, 1.165) is 19.1 Å². The number of ether oxygens (including phenoxy) is 1. The predicted octanol–water partition coefficient (Wildman–Crippen LogP) is 0.707. The van der Waals surface area contributed by atoms with E-state index >= 15 is 0 Å². The van der Waals surface area contributed by atoms with Gasteiger partial charge in [0.2, 0.25) is 0 Å². The van der Waals surface area contributed by atoms with Gasteiger partial charge < -0.3 is 15.0 Å². The summed E-state index contributed by atoms with van der Waals surface area (Å²) in [6.07, 6.45) is 3.92. The third-order valence-electron chi connectivity index (χ3n) is 3.46. The summed E-state index contributed by atoms with van der Waals surface area (Å²) in [5.74, 6) is 0.895. The maximum Gasteiger partial charge on any atom is 0.0620 e. The molecule has 2 heterocycles. The van der Waals surface area contributed by atoms with Crippen LogP contribution in [0.2, 0.25) is 0 Å². The molecular weight excluding hydrogens is 176 g/mol. The van der Waals surface area contributed by atoms with Crippen LogP contribution < -0.4 is 5.32 Å². The molecule has 0 bridgehead atoms. The molecule has 1 atom stereocenters. The molecule has 0 spiro atoms. The fourth-order valence-corrected chi connectivity index (χ4v) is 2.30. The Kier molecular flexibility index (Phi) is 3.79. The molecule has 2 saturated heterocycles. The molecule has 0 amide bonds. The van der Waals surface area contributed by atoms with E-state index in [2.05, 4.69) is 17.3 Å². The summed E-state index contributed by atoms with van der Waals surface area (Å²) >= 11 is 0. The van der Waals surface area contributed by atoms with Crippen LogP contribution in [0.3, 0.4) is 0 Å². The monoisotopic (exact) mass is 198 g/mol. The van der Waals surface area contributed by atoms with E-state index in [1.54, 1.807) is 0 Å². The summed E-state index contributed by atoms with van der Waals surface area (Å²) < 4.78 is 5.34. The quantitative estimate of drug-likeness (QED) is 0.723. The third kappa shape index (κ3) is 2.94. The van der Waals surface area contributed by atoms with Crippen molar-refractivity contribution in [1.82, 2.24) is 10.2 Å². The largest absolute Gasteiger partial charge is 0.380 e. The highest BCUT2D eigenvalue weighted by atomic mass is 16.5. The fourth-order valence-electron chi connectivity index (χ4n) is 2.30. The summed E-state index contributed by atoms with van der Waals surface area (Å²) in [6.45, 7) is 5.61. The first-order valence-electron chi connectivity index (χ1n) is 5.84. The molecular formula is C11H22N2O. The van der Waals surface area contributed by atoms with Gasteiger partial charge in [0.1, 0.15) is 0 Å². The number of piperidine rings is 1. The molecule has 0 aromatic rings. The SMILES string of the molecule is CN1CCC(CNC2CCOC2)CC1. The van der Waals surface area contributed by atoms with Crippen LogP contribution in [0.4, 0.5) is 0 Å². The third-order valence-corrected chi connectivity index (χ3v) is 3.46. The average Bonchev–Trinajstić information content (AvgIpc) is 2.70. The Morgan fingerprint density at radius 3 is 2.71 bits per heavy atom. The molecule has 2 fully saturated rings.